The van der Waals surface area contributed by atoms with Crippen LogP contribution in [0.15, 0.2) is 71.8 Å². The number of carbonyl (C=O) groups is 1. The molecule has 6 heteroatoms. The Bertz CT molecular complexity index is 907. The van der Waals surface area contributed by atoms with Gasteiger partial charge in [-0.05, 0) is 23.8 Å². The lowest BCUT2D eigenvalue weighted by atomic mass is 10.2. The van der Waals surface area contributed by atoms with Crippen molar-refractivity contribution in [2.45, 2.75) is 13.2 Å². The summed E-state index contributed by atoms with van der Waals surface area (Å²) < 4.78 is 5.75. The third-order valence-corrected chi connectivity index (χ3v) is 3.57. The zero-order valence-electron chi connectivity index (χ0n) is 13.4. The van der Waals surface area contributed by atoms with Gasteiger partial charge in [-0.2, -0.15) is 0 Å². The number of ether oxygens (including phenoxy) is 1. The lowest BCUT2D eigenvalue weighted by Gasteiger charge is -2.11. The fourth-order valence-electron chi connectivity index (χ4n) is 2.29. The molecule has 0 fully saturated rings. The smallest absolute Gasteiger partial charge is 0.260 e. The first-order valence-corrected chi connectivity index (χ1v) is 7.80. The molecule has 0 saturated carbocycles. The van der Waals surface area contributed by atoms with Gasteiger partial charge in [-0.25, -0.2) is 4.98 Å². The molecule has 0 aliphatic rings. The summed E-state index contributed by atoms with van der Waals surface area (Å²) in [5.41, 5.74) is 1.41. The normalized spacial score (nSPS) is 10.2. The van der Waals surface area contributed by atoms with E-state index in [9.17, 15) is 9.59 Å². The average Bonchev–Trinajstić information content (AvgIpc) is 2.66. The van der Waals surface area contributed by atoms with Crippen molar-refractivity contribution in [3.63, 3.8) is 0 Å². The van der Waals surface area contributed by atoms with Gasteiger partial charge in [0.25, 0.3) is 11.5 Å². The van der Waals surface area contributed by atoms with Gasteiger partial charge in [-0.3, -0.25) is 9.59 Å². The SMILES string of the molecule is O=C(NCc1cccnc1OCc1ccccc1)c1ccc[nH]c1=O. The number of hydrogen-bond donors (Lipinski definition) is 2. The first-order chi connectivity index (χ1) is 12.2. The molecule has 126 valence electrons. The van der Waals surface area contributed by atoms with E-state index in [2.05, 4.69) is 15.3 Å². The lowest BCUT2D eigenvalue weighted by Crippen LogP contribution is -2.29. The van der Waals surface area contributed by atoms with E-state index in [-0.39, 0.29) is 12.1 Å². The first-order valence-electron chi connectivity index (χ1n) is 7.80. The number of aromatic amines is 1. The molecule has 2 N–H and O–H groups in total. The van der Waals surface area contributed by atoms with Gasteiger partial charge >= 0.3 is 0 Å². The standard InChI is InChI=1S/C19H17N3O3/c23-17-16(9-5-10-20-17)18(24)22-12-15-8-4-11-21-19(15)25-13-14-6-2-1-3-7-14/h1-11H,12-13H2,(H,20,23)(H,22,24). The molecular formula is C19H17N3O3. The third kappa shape index (κ3) is 4.32. The van der Waals surface area contributed by atoms with Crippen LogP contribution >= 0.6 is 0 Å². The van der Waals surface area contributed by atoms with Crippen molar-refractivity contribution in [2.75, 3.05) is 0 Å². The number of carbonyl (C=O) groups excluding carboxylic acids is 1. The van der Waals surface area contributed by atoms with Crippen LogP contribution < -0.4 is 15.6 Å². The second-order valence-electron chi connectivity index (χ2n) is 5.34. The van der Waals surface area contributed by atoms with E-state index in [4.69, 9.17) is 4.74 Å². The van der Waals surface area contributed by atoms with E-state index in [1.165, 1.54) is 12.3 Å². The summed E-state index contributed by atoms with van der Waals surface area (Å²) in [6.07, 6.45) is 3.11. The number of nitrogens with one attached hydrogen (secondary N) is 2. The molecule has 25 heavy (non-hydrogen) atoms. The highest BCUT2D eigenvalue weighted by atomic mass is 16.5. The van der Waals surface area contributed by atoms with Crippen LogP contribution in [0.3, 0.4) is 0 Å². The molecule has 3 aromatic rings. The predicted molar refractivity (Wildman–Crippen MR) is 93.2 cm³/mol. The quantitative estimate of drug-likeness (QED) is 0.724. The highest BCUT2D eigenvalue weighted by Gasteiger charge is 2.11. The van der Waals surface area contributed by atoms with Gasteiger partial charge in [0.1, 0.15) is 12.2 Å². The maximum Gasteiger partial charge on any atom is 0.260 e. The van der Waals surface area contributed by atoms with Gasteiger partial charge in [-0.1, -0.05) is 36.4 Å². The first kappa shape index (κ1) is 16.4. The van der Waals surface area contributed by atoms with Crippen LogP contribution in [0, 0.1) is 0 Å². The molecule has 0 bridgehead atoms. The number of nitrogens with zero attached hydrogens (tertiary/aromatic N) is 1. The maximum absolute atomic E-state index is 12.1. The van der Waals surface area contributed by atoms with Crippen molar-refractivity contribution in [2.24, 2.45) is 0 Å². The van der Waals surface area contributed by atoms with E-state index >= 15 is 0 Å². The molecular weight excluding hydrogens is 318 g/mol. The third-order valence-electron chi connectivity index (χ3n) is 3.57. The zero-order valence-corrected chi connectivity index (χ0v) is 13.4. The molecule has 0 unspecified atom stereocenters. The average molecular weight is 335 g/mol. The molecule has 0 spiro atoms. The Hall–Kier alpha value is -3.41. The van der Waals surface area contributed by atoms with Gasteiger partial charge in [-0.15, -0.1) is 0 Å². The van der Waals surface area contributed by atoms with Crippen LogP contribution in [-0.4, -0.2) is 15.9 Å². The van der Waals surface area contributed by atoms with Gasteiger partial charge < -0.3 is 15.0 Å². The molecule has 0 atom stereocenters. The molecule has 0 saturated heterocycles. The minimum atomic E-state index is -0.445. The van der Waals surface area contributed by atoms with Crippen molar-refractivity contribution in [3.8, 4) is 5.88 Å². The second-order valence-corrected chi connectivity index (χ2v) is 5.34. The summed E-state index contributed by atoms with van der Waals surface area (Å²) in [5, 5.41) is 2.72. The number of aromatic nitrogens is 2. The van der Waals surface area contributed by atoms with Gasteiger partial charge in [0.2, 0.25) is 5.88 Å². The maximum atomic E-state index is 12.1. The Morgan fingerprint density at radius 2 is 1.92 bits per heavy atom. The fourth-order valence-corrected chi connectivity index (χ4v) is 2.29. The molecule has 2 heterocycles. The molecule has 0 aliphatic heterocycles. The topological polar surface area (TPSA) is 84.1 Å². The molecule has 1 amide bonds. The van der Waals surface area contributed by atoms with E-state index in [0.29, 0.717) is 12.5 Å². The summed E-state index contributed by atoms with van der Waals surface area (Å²) in [6, 6.07) is 16.4. The van der Waals surface area contributed by atoms with Crippen LogP contribution in [0.25, 0.3) is 0 Å². The van der Waals surface area contributed by atoms with Crippen LogP contribution in [-0.2, 0) is 13.2 Å². The van der Waals surface area contributed by atoms with Crippen molar-refractivity contribution < 1.29 is 9.53 Å². The van der Waals surface area contributed by atoms with Gasteiger partial charge in [0.15, 0.2) is 0 Å². The number of amides is 1. The zero-order chi connectivity index (χ0) is 17.5. The van der Waals surface area contributed by atoms with E-state index in [0.717, 1.165) is 11.1 Å². The summed E-state index contributed by atoms with van der Waals surface area (Å²) in [4.78, 5) is 30.5. The van der Waals surface area contributed by atoms with Crippen molar-refractivity contribution in [1.82, 2.24) is 15.3 Å². The Morgan fingerprint density at radius 3 is 2.72 bits per heavy atom. The second kappa shape index (κ2) is 7.92. The Balaban J connectivity index is 1.66. The summed E-state index contributed by atoms with van der Waals surface area (Å²) in [5.74, 6) is 0.00772. The number of pyridine rings is 2. The highest BCUT2D eigenvalue weighted by molar-refractivity contribution is 5.93. The van der Waals surface area contributed by atoms with E-state index in [1.807, 2.05) is 36.4 Å². The van der Waals surface area contributed by atoms with Crippen molar-refractivity contribution in [1.29, 1.82) is 0 Å². The number of benzene rings is 1. The van der Waals surface area contributed by atoms with Crippen LogP contribution in [0.5, 0.6) is 5.88 Å². The monoisotopic (exact) mass is 335 g/mol. The Labute approximate surface area is 144 Å². The number of rotatable bonds is 6. The molecule has 0 radical (unpaired) electrons. The van der Waals surface area contributed by atoms with E-state index < -0.39 is 11.5 Å². The summed E-state index contributed by atoms with van der Waals surface area (Å²) >= 11 is 0. The molecule has 0 aliphatic carbocycles. The van der Waals surface area contributed by atoms with Crippen molar-refractivity contribution >= 4 is 5.91 Å². The van der Waals surface area contributed by atoms with E-state index in [1.54, 1.807) is 18.3 Å². The minimum Gasteiger partial charge on any atom is -0.473 e. The largest absolute Gasteiger partial charge is 0.473 e. The van der Waals surface area contributed by atoms with Gasteiger partial charge in [0, 0.05) is 24.5 Å². The molecule has 1 aromatic carbocycles. The highest BCUT2D eigenvalue weighted by Crippen LogP contribution is 2.16. The Morgan fingerprint density at radius 1 is 1.08 bits per heavy atom. The summed E-state index contributed by atoms with van der Waals surface area (Å²) in [6.45, 7) is 0.599. The van der Waals surface area contributed by atoms with Crippen LogP contribution in [0.4, 0.5) is 0 Å². The Kier molecular flexibility index (Phi) is 5.21. The van der Waals surface area contributed by atoms with Gasteiger partial charge in [0.05, 0.1) is 0 Å². The van der Waals surface area contributed by atoms with Crippen molar-refractivity contribution in [3.05, 3.63) is 94.0 Å². The lowest BCUT2D eigenvalue weighted by molar-refractivity contribution is 0.0949. The summed E-state index contributed by atoms with van der Waals surface area (Å²) in [7, 11) is 0. The van der Waals surface area contributed by atoms with Crippen LogP contribution in [0.2, 0.25) is 0 Å². The predicted octanol–water partition coefficient (Wildman–Crippen LogP) is 2.28. The molecule has 2 aromatic heterocycles. The fraction of sp³-hybridized carbons (Fsp3) is 0.105. The molecule has 6 nitrogen and oxygen atoms in total. The number of H-pyrrole nitrogens is 1. The van der Waals surface area contributed by atoms with Crippen LogP contribution in [0.1, 0.15) is 21.5 Å². The molecule has 3 rings (SSSR count). The number of hydrogen-bond acceptors (Lipinski definition) is 4. The minimum absolute atomic E-state index is 0.0677.